The summed E-state index contributed by atoms with van der Waals surface area (Å²) in [5.41, 5.74) is 0. The number of methoxy groups -OCH3 is 2. The summed E-state index contributed by atoms with van der Waals surface area (Å²) >= 11 is 0. The summed E-state index contributed by atoms with van der Waals surface area (Å²) in [6.45, 7) is 1.80. The Morgan fingerprint density at radius 2 is 2.13 bits per heavy atom. The number of imidazole rings is 1. The van der Waals surface area contributed by atoms with Crippen LogP contribution in [0.4, 0.5) is 4.79 Å². The predicted molar refractivity (Wildman–Crippen MR) is 53.4 cm³/mol. The zero-order valence-electron chi connectivity index (χ0n) is 9.01. The summed E-state index contributed by atoms with van der Waals surface area (Å²) in [6, 6.07) is -0.506. The minimum absolute atomic E-state index is 0.241. The highest BCUT2D eigenvalue weighted by Crippen LogP contribution is 1.99. The lowest BCUT2D eigenvalue weighted by Crippen LogP contribution is -2.44. The number of carbonyl (C=O) groups excluding carboxylic acids is 1. The predicted octanol–water partition coefficient (Wildman–Crippen LogP) is 0.448. The molecule has 0 saturated carbocycles. The fourth-order valence-corrected chi connectivity index (χ4v) is 1.22. The van der Waals surface area contributed by atoms with Gasteiger partial charge in [0, 0.05) is 26.6 Å². The molecule has 6 nitrogen and oxygen atoms in total. The molecule has 84 valence electrons. The first-order chi connectivity index (χ1) is 7.19. The number of nitrogens with one attached hydrogen (secondary N) is 1. The van der Waals surface area contributed by atoms with Crippen molar-refractivity contribution in [3.8, 4) is 0 Å². The van der Waals surface area contributed by atoms with Crippen molar-refractivity contribution in [2.24, 2.45) is 0 Å². The van der Waals surface area contributed by atoms with E-state index in [0.29, 0.717) is 0 Å². The highest BCUT2D eigenvalue weighted by atomic mass is 16.7. The topological polar surface area (TPSA) is 65.4 Å². The monoisotopic (exact) mass is 213 g/mol. The molecule has 1 aromatic heterocycles. The third-order valence-electron chi connectivity index (χ3n) is 1.96. The molecule has 1 unspecified atom stereocenters. The van der Waals surface area contributed by atoms with Crippen molar-refractivity contribution in [3.63, 3.8) is 0 Å². The van der Waals surface area contributed by atoms with E-state index in [1.54, 1.807) is 13.1 Å². The Labute approximate surface area is 88.2 Å². The van der Waals surface area contributed by atoms with Crippen LogP contribution in [0.3, 0.4) is 0 Å². The van der Waals surface area contributed by atoms with E-state index in [0.717, 1.165) is 0 Å². The Morgan fingerprint density at radius 3 is 2.60 bits per heavy atom. The number of rotatable bonds is 4. The number of nitrogens with zero attached hydrogens (tertiary/aromatic N) is 2. The third-order valence-corrected chi connectivity index (χ3v) is 1.96. The second-order valence-electron chi connectivity index (χ2n) is 3.05. The largest absolute Gasteiger partial charge is 0.354 e. The van der Waals surface area contributed by atoms with Gasteiger partial charge in [0.25, 0.3) is 0 Å². The lowest BCUT2D eigenvalue weighted by atomic mass is 10.3. The van der Waals surface area contributed by atoms with E-state index in [1.807, 2.05) is 0 Å². The molecule has 0 aromatic carbocycles. The van der Waals surface area contributed by atoms with Crippen molar-refractivity contribution in [2.75, 3.05) is 14.2 Å². The van der Waals surface area contributed by atoms with Crippen molar-refractivity contribution in [2.45, 2.75) is 19.3 Å². The summed E-state index contributed by atoms with van der Waals surface area (Å²) in [5, 5.41) is 2.72. The van der Waals surface area contributed by atoms with Crippen LogP contribution in [0.1, 0.15) is 6.92 Å². The summed E-state index contributed by atoms with van der Waals surface area (Å²) < 4.78 is 11.4. The number of ether oxygens (including phenoxy) is 2. The van der Waals surface area contributed by atoms with Gasteiger partial charge in [-0.05, 0) is 6.92 Å². The number of hydrogen-bond acceptors (Lipinski definition) is 4. The van der Waals surface area contributed by atoms with E-state index in [9.17, 15) is 4.79 Å². The molecule has 1 N–H and O–H groups in total. The molecule has 0 bridgehead atoms. The first-order valence-corrected chi connectivity index (χ1v) is 4.53. The standard InChI is InChI=1S/C9H15N3O3/c1-7(8(14-2)15-3)11-9(13)12-5-4-10-6-12/h4-8H,1-3H3,(H,11,13). The minimum atomic E-state index is -0.461. The molecule has 0 aliphatic rings. The smallest absolute Gasteiger partial charge is 0.327 e. The highest BCUT2D eigenvalue weighted by Gasteiger charge is 2.18. The van der Waals surface area contributed by atoms with Gasteiger partial charge in [-0.2, -0.15) is 0 Å². The maximum absolute atomic E-state index is 11.6. The van der Waals surface area contributed by atoms with Crippen LogP contribution in [0.2, 0.25) is 0 Å². The van der Waals surface area contributed by atoms with Gasteiger partial charge < -0.3 is 14.8 Å². The molecule has 0 aliphatic heterocycles. The van der Waals surface area contributed by atoms with E-state index < -0.39 is 6.29 Å². The maximum Gasteiger partial charge on any atom is 0.327 e. The van der Waals surface area contributed by atoms with Gasteiger partial charge in [0.2, 0.25) is 0 Å². The minimum Gasteiger partial charge on any atom is -0.354 e. The van der Waals surface area contributed by atoms with Crippen LogP contribution < -0.4 is 5.32 Å². The quantitative estimate of drug-likeness (QED) is 0.737. The average molecular weight is 213 g/mol. The Bertz CT molecular complexity index is 296. The molecule has 1 aromatic rings. The van der Waals surface area contributed by atoms with E-state index in [-0.39, 0.29) is 12.1 Å². The van der Waals surface area contributed by atoms with Gasteiger partial charge in [0.15, 0.2) is 6.29 Å². The second kappa shape index (κ2) is 5.47. The SMILES string of the molecule is COC(OC)C(C)NC(=O)n1ccnc1. The zero-order chi connectivity index (χ0) is 11.3. The number of aromatic nitrogens is 2. The second-order valence-corrected chi connectivity index (χ2v) is 3.05. The van der Waals surface area contributed by atoms with Crippen molar-refractivity contribution >= 4 is 6.03 Å². The molecule has 6 heteroatoms. The zero-order valence-corrected chi connectivity index (χ0v) is 9.01. The molecule has 0 spiro atoms. The lowest BCUT2D eigenvalue weighted by Gasteiger charge is -2.21. The molecule has 15 heavy (non-hydrogen) atoms. The van der Waals surface area contributed by atoms with Gasteiger partial charge in [0.05, 0.1) is 6.04 Å². The van der Waals surface area contributed by atoms with E-state index >= 15 is 0 Å². The Balaban J connectivity index is 2.51. The van der Waals surface area contributed by atoms with Gasteiger partial charge in [0.1, 0.15) is 6.33 Å². The summed E-state index contributed by atoms with van der Waals surface area (Å²) in [4.78, 5) is 15.3. The van der Waals surface area contributed by atoms with Crippen LogP contribution in [0.25, 0.3) is 0 Å². The van der Waals surface area contributed by atoms with E-state index in [2.05, 4.69) is 10.3 Å². The molecule has 1 rings (SSSR count). The number of amides is 1. The van der Waals surface area contributed by atoms with Crippen LogP contribution in [0.15, 0.2) is 18.7 Å². The molecule has 1 heterocycles. The normalized spacial score (nSPS) is 12.8. The molecule has 1 amide bonds. The fraction of sp³-hybridized carbons (Fsp3) is 0.556. The van der Waals surface area contributed by atoms with Crippen LogP contribution in [0.5, 0.6) is 0 Å². The van der Waals surface area contributed by atoms with Gasteiger partial charge in [-0.15, -0.1) is 0 Å². The summed E-state index contributed by atoms with van der Waals surface area (Å²) in [6.07, 6.45) is 4.07. The van der Waals surface area contributed by atoms with E-state index in [4.69, 9.17) is 9.47 Å². The lowest BCUT2D eigenvalue weighted by molar-refractivity contribution is -0.117. The molecule has 0 radical (unpaired) electrons. The number of hydrogen-bond donors (Lipinski definition) is 1. The Morgan fingerprint density at radius 1 is 1.47 bits per heavy atom. The highest BCUT2D eigenvalue weighted by molar-refractivity contribution is 5.76. The van der Waals surface area contributed by atoms with Gasteiger partial charge in [-0.25, -0.2) is 9.78 Å². The Kier molecular flexibility index (Phi) is 4.26. The molecular weight excluding hydrogens is 198 g/mol. The fourth-order valence-electron chi connectivity index (χ4n) is 1.22. The molecule has 1 atom stereocenters. The summed E-state index contributed by atoms with van der Waals surface area (Å²) in [5.74, 6) is 0. The van der Waals surface area contributed by atoms with Crippen molar-refractivity contribution < 1.29 is 14.3 Å². The first-order valence-electron chi connectivity index (χ1n) is 4.53. The first kappa shape index (κ1) is 11.7. The van der Waals surface area contributed by atoms with Crippen LogP contribution >= 0.6 is 0 Å². The molecular formula is C9H15N3O3. The molecule has 0 fully saturated rings. The van der Waals surface area contributed by atoms with Gasteiger partial charge in [-0.3, -0.25) is 4.57 Å². The Hall–Kier alpha value is -1.40. The average Bonchev–Trinajstić information content (AvgIpc) is 2.72. The van der Waals surface area contributed by atoms with Crippen LogP contribution in [-0.4, -0.2) is 42.1 Å². The van der Waals surface area contributed by atoms with Crippen molar-refractivity contribution in [1.29, 1.82) is 0 Å². The molecule has 0 aliphatic carbocycles. The maximum atomic E-state index is 11.6. The summed E-state index contributed by atoms with van der Waals surface area (Å²) in [7, 11) is 3.04. The van der Waals surface area contributed by atoms with E-state index in [1.165, 1.54) is 31.3 Å². The third kappa shape index (κ3) is 3.03. The molecule has 0 saturated heterocycles. The van der Waals surface area contributed by atoms with Crippen LogP contribution in [0, 0.1) is 0 Å². The van der Waals surface area contributed by atoms with Crippen LogP contribution in [-0.2, 0) is 9.47 Å². The van der Waals surface area contributed by atoms with Crippen molar-refractivity contribution in [1.82, 2.24) is 14.9 Å². The van der Waals surface area contributed by atoms with Crippen molar-refractivity contribution in [3.05, 3.63) is 18.7 Å². The van der Waals surface area contributed by atoms with Gasteiger partial charge >= 0.3 is 6.03 Å². The van der Waals surface area contributed by atoms with Gasteiger partial charge in [-0.1, -0.05) is 0 Å². The number of carbonyl (C=O) groups is 1.